The van der Waals surface area contributed by atoms with Crippen molar-refractivity contribution in [2.45, 2.75) is 23.9 Å². The average molecular weight is 329 g/mol. The SMILES string of the molecule is O=C(O)c1ccc(S(=O)(=O)NCCCC(F)(F)F)c(F)c1. The summed E-state index contributed by atoms with van der Waals surface area (Å²) >= 11 is 0. The van der Waals surface area contributed by atoms with E-state index in [4.69, 9.17) is 5.11 Å². The second-order valence-corrected chi connectivity index (χ2v) is 5.80. The first-order chi connectivity index (χ1) is 9.53. The van der Waals surface area contributed by atoms with Crippen molar-refractivity contribution < 1.29 is 35.9 Å². The van der Waals surface area contributed by atoms with Crippen LogP contribution in [0.1, 0.15) is 23.2 Å². The molecule has 2 N–H and O–H groups in total. The number of carboxylic acid groups (broad SMARTS) is 1. The first kappa shape index (κ1) is 17.4. The predicted molar refractivity (Wildman–Crippen MR) is 63.8 cm³/mol. The summed E-state index contributed by atoms with van der Waals surface area (Å²) in [7, 11) is -4.34. The number of alkyl halides is 3. The van der Waals surface area contributed by atoms with Crippen LogP contribution in [-0.2, 0) is 10.0 Å². The number of benzene rings is 1. The molecule has 0 amide bonds. The lowest BCUT2D eigenvalue weighted by Gasteiger charge is -2.09. The van der Waals surface area contributed by atoms with E-state index in [1.165, 1.54) is 0 Å². The fourth-order valence-electron chi connectivity index (χ4n) is 1.42. The van der Waals surface area contributed by atoms with E-state index in [1.807, 2.05) is 4.72 Å². The van der Waals surface area contributed by atoms with Gasteiger partial charge in [-0.1, -0.05) is 0 Å². The third-order valence-electron chi connectivity index (χ3n) is 2.40. The van der Waals surface area contributed by atoms with Crippen LogP contribution < -0.4 is 4.72 Å². The first-order valence-electron chi connectivity index (χ1n) is 5.62. The third kappa shape index (κ3) is 5.31. The van der Waals surface area contributed by atoms with E-state index in [1.54, 1.807) is 0 Å². The molecule has 0 spiro atoms. The number of hydrogen-bond donors (Lipinski definition) is 2. The molecule has 0 aromatic heterocycles. The van der Waals surface area contributed by atoms with Crippen LogP contribution in [0, 0.1) is 5.82 Å². The van der Waals surface area contributed by atoms with Crippen molar-refractivity contribution in [1.82, 2.24) is 4.72 Å². The lowest BCUT2D eigenvalue weighted by molar-refractivity contribution is -0.135. The van der Waals surface area contributed by atoms with Crippen LogP contribution in [-0.4, -0.2) is 32.2 Å². The highest BCUT2D eigenvalue weighted by Crippen LogP contribution is 2.21. The van der Waals surface area contributed by atoms with Gasteiger partial charge in [0.1, 0.15) is 10.7 Å². The molecule has 0 aliphatic carbocycles. The Labute approximate surface area is 117 Å². The summed E-state index contributed by atoms with van der Waals surface area (Å²) in [6.07, 6.45) is -6.06. The average Bonchev–Trinajstić information content (AvgIpc) is 2.33. The van der Waals surface area contributed by atoms with Gasteiger partial charge in [0.25, 0.3) is 0 Å². The molecule has 118 valence electrons. The van der Waals surface area contributed by atoms with E-state index >= 15 is 0 Å². The minimum absolute atomic E-state index is 0.441. The molecule has 0 atom stereocenters. The Morgan fingerprint density at radius 3 is 2.38 bits per heavy atom. The minimum atomic E-state index is -4.40. The van der Waals surface area contributed by atoms with Gasteiger partial charge < -0.3 is 5.11 Å². The fourth-order valence-corrected chi connectivity index (χ4v) is 2.56. The van der Waals surface area contributed by atoms with Crippen LogP contribution in [0.15, 0.2) is 23.1 Å². The Morgan fingerprint density at radius 2 is 1.90 bits per heavy atom. The number of nitrogens with one attached hydrogen (secondary N) is 1. The summed E-state index contributed by atoms with van der Waals surface area (Å²) in [6, 6.07) is 2.15. The molecule has 0 bridgehead atoms. The molecule has 0 heterocycles. The quantitative estimate of drug-likeness (QED) is 0.619. The topological polar surface area (TPSA) is 83.5 Å². The number of hydrogen-bond acceptors (Lipinski definition) is 3. The second kappa shape index (κ2) is 6.39. The largest absolute Gasteiger partial charge is 0.478 e. The molecular formula is C11H11F4NO4S. The third-order valence-corrected chi connectivity index (χ3v) is 3.89. The van der Waals surface area contributed by atoms with E-state index in [0.29, 0.717) is 6.07 Å². The zero-order valence-electron chi connectivity index (χ0n) is 10.4. The van der Waals surface area contributed by atoms with Crippen LogP contribution >= 0.6 is 0 Å². The number of carbonyl (C=O) groups is 1. The van der Waals surface area contributed by atoms with Gasteiger partial charge in [-0.15, -0.1) is 0 Å². The molecule has 21 heavy (non-hydrogen) atoms. The molecule has 0 aliphatic heterocycles. The summed E-state index contributed by atoms with van der Waals surface area (Å²) < 4.78 is 74.4. The molecule has 0 fully saturated rings. The van der Waals surface area contributed by atoms with E-state index < -0.39 is 57.8 Å². The van der Waals surface area contributed by atoms with E-state index in [9.17, 15) is 30.8 Å². The fraction of sp³-hybridized carbons (Fsp3) is 0.364. The maximum Gasteiger partial charge on any atom is 0.389 e. The Balaban J connectivity index is 2.77. The number of sulfonamides is 1. The molecule has 0 unspecified atom stereocenters. The number of carboxylic acids is 1. The van der Waals surface area contributed by atoms with Crippen molar-refractivity contribution in [1.29, 1.82) is 0 Å². The lowest BCUT2D eigenvalue weighted by Crippen LogP contribution is -2.26. The Bertz CT molecular complexity index is 628. The smallest absolute Gasteiger partial charge is 0.389 e. The van der Waals surface area contributed by atoms with Crippen molar-refractivity contribution in [3.63, 3.8) is 0 Å². The van der Waals surface area contributed by atoms with Crippen LogP contribution in [0.2, 0.25) is 0 Å². The Morgan fingerprint density at radius 1 is 1.29 bits per heavy atom. The zero-order valence-corrected chi connectivity index (χ0v) is 11.3. The van der Waals surface area contributed by atoms with Crippen LogP contribution in [0.4, 0.5) is 17.6 Å². The number of aromatic carboxylic acids is 1. The van der Waals surface area contributed by atoms with Gasteiger partial charge in [0.2, 0.25) is 10.0 Å². The van der Waals surface area contributed by atoms with Crippen molar-refractivity contribution in [2.24, 2.45) is 0 Å². The van der Waals surface area contributed by atoms with Gasteiger partial charge in [-0.3, -0.25) is 0 Å². The van der Waals surface area contributed by atoms with Crippen molar-refractivity contribution >= 4 is 16.0 Å². The number of rotatable bonds is 6. The summed E-state index contributed by atoms with van der Waals surface area (Å²) in [5.74, 6) is -2.73. The first-order valence-corrected chi connectivity index (χ1v) is 7.10. The molecule has 5 nitrogen and oxygen atoms in total. The molecule has 10 heteroatoms. The Hall–Kier alpha value is -1.68. The standard InChI is InChI=1S/C11H11F4NO4S/c12-8-6-7(10(17)18)2-3-9(8)21(19,20)16-5-1-4-11(13,14)15/h2-3,6,16H,1,4-5H2,(H,17,18). The minimum Gasteiger partial charge on any atom is -0.478 e. The molecule has 0 aliphatic rings. The normalized spacial score (nSPS) is 12.4. The highest BCUT2D eigenvalue weighted by Gasteiger charge is 2.27. The Kier molecular flexibility index (Phi) is 5.29. The van der Waals surface area contributed by atoms with E-state index in [0.717, 1.165) is 12.1 Å². The molecule has 1 aromatic rings. The van der Waals surface area contributed by atoms with Gasteiger partial charge in [-0.2, -0.15) is 13.2 Å². The van der Waals surface area contributed by atoms with Gasteiger partial charge in [-0.25, -0.2) is 22.3 Å². The molecule has 0 saturated carbocycles. The van der Waals surface area contributed by atoms with Crippen LogP contribution in [0.3, 0.4) is 0 Å². The highest BCUT2D eigenvalue weighted by molar-refractivity contribution is 7.89. The molecule has 1 aromatic carbocycles. The second-order valence-electron chi connectivity index (χ2n) is 4.07. The van der Waals surface area contributed by atoms with E-state index in [-0.39, 0.29) is 0 Å². The highest BCUT2D eigenvalue weighted by atomic mass is 32.2. The predicted octanol–water partition coefficient (Wildman–Crippen LogP) is 2.14. The molecule has 0 radical (unpaired) electrons. The summed E-state index contributed by atoms with van der Waals surface area (Å²) in [4.78, 5) is 9.76. The van der Waals surface area contributed by atoms with Gasteiger partial charge in [0.15, 0.2) is 0 Å². The zero-order chi connectivity index (χ0) is 16.3. The summed E-state index contributed by atoms with van der Waals surface area (Å²) in [5.41, 5.74) is -0.441. The summed E-state index contributed by atoms with van der Waals surface area (Å²) in [6.45, 7) is -0.512. The van der Waals surface area contributed by atoms with Crippen molar-refractivity contribution in [2.75, 3.05) is 6.54 Å². The molecular weight excluding hydrogens is 318 g/mol. The van der Waals surface area contributed by atoms with Crippen LogP contribution in [0.25, 0.3) is 0 Å². The maximum absolute atomic E-state index is 13.5. The van der Waals surface area contributed by atoms with Crippen LogP contribution in [0.5, 0.6) is 0 Å². The molecule has 0 saturated heterocycles. The summed E-state index contributed by atoms with van der Waals surface area (Å²) in [5, 5.41) is 8.61. The van der Waals surface area contributed by atoms with Gasteiger partial charge in [0, 0.05) is 13.0 Å². The van der Waals surface area contributed by atoms with Gasteiger partial charge in [-0.05, 0) is 24.6 Å². The van der Waals surface area contributed by atoms with Gasteiger partial charge >= 0.3 is 12.1 Å². The van der Waals surface area contributed by atoms with Crippen molar-refractivity contribution in [3.8, 4) is 0 Å². The molecule has 1 rings (SSSR count). The van der Waals surface area contributed by atoms with Gasteiger partial charge in [0.05, 0.1) is 5.56 Å². The lowest BCUT2D eigenvalue weighted by atomic mass is 10.2. The monoisotopic (exact) mass is 329 g/mol. The number of halogens is 4. The maximum atomic E-state index is 13.5. The van der Waals surface area contributed by atoms with Crippen molar-refractivity contribution in [3.05, 3.63) is 29.6 Å². The van der Waals surface area contributed by atoms with E-state index in [2.05, 4.69) is 0 Å².